The number of allylic oxidation sites excluding steroid dienone is 1. The molecule has 0 amide bonds. The molecule has 1 atom stereocenters. The summed E-state index contributed by atoms with van der Waals surface area (Å²) in [5, 5.41) is 0. The Morgan fingerprint density at radius 2 is 1.95 bits per heavy atom. The van der Waals surface area contributed by atoms with Crippen molar-refractivity contribution in [2.75, 3.05) is 0 Å². The van der Waals surface area contributed by atoms with Crippen molar-refractivity contribution in [2.24, 2.45) is 9.98 Å². The first-order chi connectivity index (χ1) is 9.31. The van der Waals surface area contributed by atoms with Gasteiger partial charge in [-0.2, -0.15) is 4.99 Å². The maximum atomic E-state index is 10.2. The normalized spacial score (nSPS) is 17.9. The van der Waals surface area contributed by atoms with E-state index in [4.69, 9.17) is 0 Å². The number of hydrogen-bond acceptors (Lipinski definition) is 4. The van der Waals surface area contributed by atoms with Crippen molar-refractivity contribution in [2.45, 2.75) is 31.7 Å². The summed E-state index contributed by atoms with van der Waals surface area (Å²) in [6, 6.07) is 7.65. The summed E-state index contributed by atoms with van der Waals surface area (Å²) in [5.41, 5.74) is 3.18. The van der Waals surface area contributed by atoms with Crippen molar-refractivity contribution >= 4 is 17.8 Å². The first-order valence-electron chi connectivity index (χ1n) is 6.23. The van der Waals surface area contributed by atoms with Gasteiger partial charge >= 0.3 is 0 Å². The summed E-state index contributed by atoms with van der Waals surface area (Å²) in [7, 11) is 0. The summed E-state index contributed by atoms with van der Waals surface area (Å²) < 4.78 is 0. The number of isocyanates is 2. The van der Waals surface area contributed by atoms with Crippen LogP contribution in [0, 0.1) is 0 Å². The smallest absolute Gasteiger partial charge is 0.211 e. The van der Waals surface area contributed by atoms with E-state index in [0.717, 1.165) is 25.7 Å². The Morgan fingerprint density at radius 1 is 1.16 bits per heavy atom. The van der Waals surface area contributed by atoms with Crippen LogP contribution in [0.1, 0.15) is 24.8 Å². The Labute approximate surface area is 111 Å². The van der Waals surface area contributed by atoms with E-state index in [-0.39, 0.29) is 6.04 Å². The van der Waals surface area contributed by atoms with Crippen LogP contribution in [-0.4, -0.2) is 18.2 Å². The molecule has 0 aliphatic heterocycles. The highest BCUT2D eigenvalue weighted by molar-refractivity contribution is 5.49. The van der Waals surface area contributed by atoms with Gasteiger partial charge in [0.2, 0.25) is 12.2 Å². The van der Waals surface area contributed by atoms with Crippen LogP contribution >= 0.6 is 0 Å². The molecule has 0 radical (unpaired) electrons. The zero-order valence-electron chi connectivity index (χ0n) is 10.5. The van der Waals surface area contributed by atoms with Gasteiger partial charge in [-0.25, -0.2) is 14.6 Å². The number of aliphatic imine (C=N–C) groups is 2. The van der Waals surface area contributed by atoms with E-state index in [2.05, 4.69) is 16.1 Å². The molecule has 2 rings (SSSR count). The fourth-order valence-electron chi connectivity index (χ4n) is 2.23. The lowest BCUT2D eigenvalue weighted by Gasteiger charge is -2.17. The second kappa shape index (κ2) is 6.60. The van der Waals surface area contributed by atoms with E-state index in [1.54, 1.807) is 6.08 Å². The van der Waals surface area contributed by atoms with Crippen molar-refractivity contribution in [3.8, 4) is 0 Å². The van der Waals surface area contributed by atoms with Crippen LogP contribution in [0.4, 0.5) is 5.69 Å². The predicted molar refractivity (Wildman–Crippen MR) is 71.8 cm³/mol. The van der Waals surface area contributed by atoms with Crippen molar-refractivity contribution in [3.05, 3.63) is 41.5 Å². The summed E-state index contributed by atoms with van der Waals surface area (Å²) in [6.07, 6.45) is 8.89. The van der Waals surface area contributed by atoms with Gasteiger partial charge in [0, 0.05) is 0 Å². The Hall–Kier alpha value is -2.28. The molecule has 0 aromatic heterocycles. The Kier molecular flexibility index (Phi) is 4.57. The summed E-state index contributed by atoms with van der Waals surface area (Å²) in [5.74, 6) is 0. The van der Waals surface area contributed by atoms with Gasteiger partial charge in [0.1, 0.15) is 0 Å². The minimum absolute atomic E-state index is 0.102. The number of rotatable bonds is 4. The maximum Gasteiger partial charge on any atom is 0.240 e. The lowest BCUT2D eigenvalue weighted by molar-refractivity contribution is 0.542. The van der Waals surface area contributed by atoms with Gasteiger partial charge in [-0.15, -0.1) is 0 Å². The van der Waals surface area contributed by atoms with Gasteiger partial charge < -0.3 is 0 Å². The van der Waals surface area contributed by atoms with Crippen LogP contribution in [0.5, 0.6) is 0 Å². The van der Waals surface area contributed by atoms with Gasteiger partial charge in [0.25, 0.3) is 0 Å². The minimum atomic E-state index is 0.102. The maximum absolute atomic E-state index is 10.2. The highest BCUT2D eigenvalue weighted by Crippen LogP contribution is 2.24. The van der Waals surface area contributed by atoms with Crippen LogP contribution in [0.25, 0.3) is 0 Å². The lowest BCUT2D eigenvalue weighted by atomic mass is 9.91. The number of carbonyl (C=O) groups excluding carboxylic acids is 2. The summed E-state index contributed by atoms with van der Waals surface area (Å²) in [6.45, 7) is 0. The molecule has 0 heterocycles. The third-order valence-corrected chi connectivity index (χ3v) is 3.25. The van der Waals surface area contributed by atoms with Crippen molar-refractivity contribution in [1.82, 2.24) is 0 Å². The van der Waals surface area contributed by atoms with E-state index < -0.39 is 0 Å². The average Bonchev–Trinajstić information content (AvgIpc) is 2.44. The quantitative estimate of drug-likeness (QED) is 0.471. The first-order valence-corrected chi connectivity index (χ1v) is 6.23. The molecule has 19 heavy (non-hydrogen) atoms. The average molecular weight is 254 g/mol. The number of nitrogens with zero attached hydrogens (tertiary/aromatic N) is 2. The molecule has 0 fully saturated rings. The topological polar surface area (TPSA) is 58.9 Å². The number of hydrogen-bond donors (Lipinski definition) is 0. The molecule has 0 bridgehead atoms. The Morgan fingerprint density at radius 3 is 2.53 bits per heavy atom. The fourth-order valence-corrected chi connectivity index (χ4v) is 2.23. The molecule has 96 valence electrons. The van der Waals surface area contributed by atoms with Crippen molar-refractivity contribution < 1.29 is 9.59 Å². The lowest BCUT2D eigenvalue weighted by Crippen LogP contribution is -2.09. The van der Waals surface area contributed by atoms with E-state index in [1.165, 1.54) is 17.2 Å². The molecule has 4 heteroatoms. The summed E-state index contributed by atoms with van der Waals surface area (Å²) >= 11 is 0. The highest BCUT2D eigenvalue weighted by Gasteiger charge is 2.13. The van der Waals surface area contributed by atoms with Crippen LogP contribution in [-0.2, 0) is 16.0 Å². The molecule has 1 aromatic carbocycles. The molecule has 1 aliphatic rings. The Balaban J connectivity index is 1.98. The molecule has 0 saturated heterocycles. The van der Waals surface area contributed by atoms with Gasteiger partial charge in [0.05, 0.1) is 11.7 Å². The van der Waals surface area contributed by atoms with Crippen molar-refractivity contribution in [1.29, 1.82) is 0 Å². The monoisotopic (exact) mass is 254 g/mol. The molecule has 1 aromatic rings. The standard InChI is InChI=1S/C15H14N2O2/c18-10-16-14-5-1-12(2-6-14)9-13-3-7-15(8-4-13)17-11-19/h1-3,5-6,15H,4,7-9H2. The molecule has 4 nitrogen and oxygen atoms in total. The highest BCUT2D eigenvalue weighted by atomic mass is 16.1. The van der Waals surface area contributed by atoms with Gasteiger partial charge in [0.15, 0.2) is 0 Å². The summed E-state index contributed by atoms with van der Waals surface area (Å²) in [4.78, 5) is 27.6. The molecule has 0 N–H and O–H groups in total. The Bertz CT molecular complexity index is 562. The zero-order valence-corrected chi connectivity index (χ0v) is 10.5. The predicted octanol–water partition coefficient (Wildman–Crippen LogP) is 3.01. The van der Waals surface area contributed by atoms with Crippen LogP contribution in [0.15, 0.2) is 45.9 Å². The second-order valence-corrected chi connectivity index (χ2v) is 4.56. The van der Waals surface area contributed by atoms with E-state index >= 15 is 0 Å². The zero-order chi connectivity index (χ0) is 13.5. The van der Waals surface area contributed by atoms with Gasteiger partial charge in [-0.3, -0.25) is 0 Å². The van der Waals surface area contributed by atoms with Crippen molar-refractivity contribution in [3.63, 3.8) is 0 Å². The minimum Gasteiger partial charge on any atom is -0.211 e. The molecular weight excluding hydrogens is 240 g/mol. The molecule has 0 saturated carbocycles. The molecular formula is C15H14N2O2. The third kappa shape index (κ3) is 3.85. The van der Waals surface area contributed by atoms with Gasteiger partial charge in [-0.05, 0) is 43.4 Å². The van der Waals surface area contributed by atoms with E-state index in [0.29, 0.717) is 5.69 Å². The molecule has 0 spiro atoms. The van der Waals surface area contributed by atoms with Crippen LogP contribution in [0.3, 0.4) is 0 Å². The van der Waals surface area contributed by atoms with E-state index in [1.807, 2.05) is 24.3 Å². The molecule has 1 aliphatic carbocycles. The number of benzene rings is 1. The SMILES string of the molecule is O=C=Nc1ccc(CC2=CCC(N=C=O)CC2)cc1. The van der Waals surface area contributed by atoms with Crippen LogP contribution in [0.2, 0.25) is 0 Å². The first kappa shape index (κ1) is 13.2. The van der Waals surface area contributed by atoms with Crippen LogP contribution < -0.4 is 0 Å². The second-order valence-electron chi connectivity index (χ2n) is 4.56. The molecule has 1 unspecified atom stereocenters. The van der Waals surface area contributed by atoms with Gasteiger partial charge in [-0.1, -0.05) is 23.8 Å². The third-order valence-electron chi connectivity index (χ3n) is 3.25. The van der Waals surface area contributed by atoms with E-state index in [9.17, 15) is 9.59 Å². The fraction of sp³-hybridized carbons (Fsp3) is 0.333. The largest absolute Gasteiger partial charge is 0.240 e.